The fraction of sp³-hybridized carbons (Fsp3) is 0.588. The maximum atomic E-state index is 12.0. The maximum Gasteiger partial charge on any atom is 0.248 e. The first kappa shape index (κ1) is 16.0. The molecule has 0 spiro atoms. The Kier molecular flexibility index (Phi) is 6.21. The van der Waals surface area contributed by atoms with E-state index in [1.165, 1.54) is 0 Å². The molecule has 0 aliphatic heterocycles. The second kappa shape index (κ2) is 8.15. The normalized spacial score (nSPS) is 23.5. The summed E-state index contributed by atoms with van der Waals surface area (Å²) >= 11 is 0. The van der Waals surface area contributed by atoms with Gasteiger partial charge < -0.3 is 15.2 Å². The van der Waals surface area contributed by atoms with Crippen LogP contribution in [0, 0.1) is 5.92 Å². The lowest BCUT2D eigenvalue weighted by Gasteiger charge is -2.26. The minimum absolute atomic E-state index is 0.0583. The van der Waals surface area contributed by atoms with Gasteiger partial charge in [0.25, 0.3) is 0 Å². The summed E-state index contributed by atoms with van der Waals surface area (Å²) < 4.78 is 5.59. The molecule has 1 aliphatic rings. The van der Waals surface area contributed by atoms with Crippen LogP contribution in [0.5, 0.6) is 0 Å². The minimum atomic E-state index is -0.445. The lowest BCUT2D eigenvalue weighted by molar-refractivity contribution is -0.132. The Balaban J connectivity index is 1.65. The molecule has 116 valence electrons. The van der Waals surface area contributed by atoms with Crippen molar-refractivity contribution in [2.24, 2.45) is 5.92 Å². The van der Waals surface area contributed by atoms with Gasteiger partial charge in [-0.1, -0.05) is 30.3 Å². The van der Waals surface area contributed by atoms with Crippen LogP contribution in [0.3, 0.4) is 0 Å². The fourth-order valence-corrected chi connectivity index (χ4v) is 2.61. The lowest BCUT2D eigenvalue weighted by atomic mass is 9.87. The van der Waals surface area contributed by atoms with Crippen LogP contribution in [0.2, 0.25) is 0 Å². The van der Waals surface area contributed by atoms with Crippen molar-refractivity contribution < 1.29 is 14.6 Å². The van der Waals surface area contributed by atoms with Gasteiger partial charge in [-0.2, -0.15) is 0 Å². The van der Waals surface area contributed by atoms with E-state index in [9.17, 15) is 9.90 Å². The molecule has 0 saturated heterocycles. The molecule has 1 saturated carbocycles. The van der Waals surface area contributed by atoms with Gasteiger partial charge in [-0.15, -0.1) is 0 Å². The molecule has 2 N–H and O–H groups in total. The van der Waals surface area contributed by atoms with E-state index in [4.69, 9.17) is 4.74 Å². The number of hydrogen-bond donors (Lipinski definition) is 2. The van der Waals surface area contributed by atoms with Gasteiger partial charge >= 0.3 is 0 Å². The van der Waals surface area contributed by atoms with Crippen LogP contribution in [-0.4, -0.2) is 29.8 Å². The van der Waals surface area contributed by atoms with E-state index in [0.29, 0.717) is 19.1 Å². The zero-order chi connectivity index (χ0) is 15.1. The van der Waals surface area contributed by atoms with Crippen LogP contribution in [0.25, 0.3) is 0 Å². The Morgan fingerprint density at radius 3 is 2.62 bits per heavy atom. The maximum absolute atomic E-state index is 12.0. The first-order chi connectivity index (χ1) is 10.1. The van der Waals surface area contributed by atoms with E-state index in [0.717, 1.165) is 31.2 Å². The molecule has 1 aromatic carbocycles. The molecule has 0 heterocycles. The van der Waals surface area contributed by atoms with Crippen molar-refractivity contribution in [3.63, 3.8) is 0 Å². The summed E-state index contributed by atoms with van der Waals surface area (Å²) in [7, 11) is 0. The number of nitrogens with one attached hydrogen (secondary N) is 1. The van der Waals surface area contributed by atoms with Crippen molar-refractivity contribution in [3.8, 4) is 0 Å². The molecule has 1 aromatic rings. The summed E-state index contributed by atoms with van der Waals surface area (Å²) in [6.45, 7) is 2.92. The summed E-state index contributed by atoms with van der Waals surface area (Å²) in [6, 6.07) is 9.85. The SMILES string of the molecule is CC(OCc1ccccc1)C(=O)NCC1CCC(O)CC1. The number of amides is 1. The smallest absolute Gasteiger partial charge is 0.248 e. The third-order valence-electron chi connectivity index (χ3n) is 4.09. The highest BCUT2D eigenvalue weighted by molar-refractivity contribution is 5.80. The van der Waals surface area contributed by atoms with Gasteiger partial charge in [-0.05, 0) is 44.1 Å². The number of rotatable bonds is 6. The number of carbonyl (C=O) groups is 1. The van der Waals surface area contributed by atoms with Gasteiger partial charge in [0.05, 0.1) is 12.7 Å². The van der Waals surface area contributed by atoms with Gasteiger partial charge in [0.15, 0.2) is 0 Å². The predicted molar refractivity (Wildman–Crippen MR) is 81.7 cm³/mol. The highest BCUT2D eigenvalue weighted by Gasteiger charge is 2.21. The summed E-state index contributed by atoms with van der Waals surface area (Å²) in [5, 5.41) is 12.4. The summed E-state index contributed by atoms with van der Waals surface area (Å²) in [4.78, 5) is 12.0. The second-order valence-electron chi connectivity index (χ2n) is 5.86. The van der Waals surface area contributed by atoms with Crippen LogP contribution < -0.4 is 5.32 Å². The number of aliphatic hydroxyl groups excluding tert-OH is 1. The van der Waals surface area contributed by atoms with Crippen molar-refractivity contribution in [1.82, 2.24) is 5.32 Å². The minimum Gasteiger partial charge on any atom is -0.393 e. The van der Waals surface area contributed by atoms with E-state index in [-0.39, 0.29) is 12.0 Å². The van der Waals surface area contributed by atoms with Crippen LogP contribution in [0.4, 0.5) is 0 Å². The Morgan fingerprint density at radius 2 is 1.95 bits per heavy atom. The van der Waals surface area contributed by atoms with Crippen molar-refractivity contribution >= 4 is 5.91 Å². The quantitative estimate of drug-likeness (QED) is 0.845. The van der Waals surface area contributed by atoms with Crippen LogP contribution in [-0.2, 0) is 16.1 Å². The largest absolute Gasteiger partial charge is 0.393 e. The van der Waals surface area contributed by atoms with E-state index < -0.39 is 6.10 Å². The summed E-state index contributed by atoms with van der Waals surface area (Å²) in [5.41, 5.74) is 1.07. The third-order valence-corrected chi connectivity index (χ3v) is 4.09. The van der Waals surface area contributed by atoms with Gasteiger partial charge in [-0.3, -0.25) is 4.79 Å². The molecule has 0 bridgehead atoms. The summed E-state index contributed by atoms with van der Waals surface area (Å²) in [5.74, 6) is 0.427. The molecule has 0 radical (unpaired) electrons. The Labute approximate surface area is 126 Å². The van der Waals surface area contributed by atoms with Gasteiger partial charge in [0.1, 0.15) is 6.10 Å². The molecule has 21 heavy (non-hydrogen) atoms. The molecule has 4 nitrogen and oxygen atoms in total. The van der Waals surface area contributed by atoms with Crippen molar-refractivity contribution in [3.05, 3.63) is 35.9 Å². The molecular weight excluding hydrogens is 266 g/mol. The number of carbonyl (C=O) groups excluding carboxylic acids is 1. The molecule has 1 unspecified atom stereocenters. The second-order valence-corrected chi connectivity index (χ2v) is 5.86. The summed E-state index contributed by atoms with van der Waals surface area (Å²) in [6.07, 6.45) is 3.08. The molecule has 1 fully saturated rings. The molecule has 1 atom stereocenters. The Bertz CT molecular complexity index is 427. The van der Waals surface area contributed by atoms with Crippen molar-refractivity contribution in [1.29, 1.82) is 0 Å². The Hall–Kier alpha value is -1.39. The van der Waals surface area contributed by atoms with Crippen molar-refractivity contribution in [2.45, 2.75) is 51.4 Å². The van der Waals surface area contributed by atoms with Gasteiger partial charge in [0, 0.05) is 6.54 Å². The number of aliphatic hydroxyl groups is 1. The van der Waals surface area contributed by atoms with Crippen LogP contribution in [0.15, 0.2) is 30.3 Å². The topological polar surface area (TPSA) is 58.6 Å². The van der Waals surface area contributed by atoms with Crippen molar-refractivity contribution in [2.75, 3.05) is 6.54 Å². The first-order valence-corrected chi connectivity index (χ1v) is 7.76. The van der Waals surface area contributed by atoms with Gasteiger partial charge in [-0.25, -0.2) is 0 Å². The van der Waals surface area contributed by atoms with E-state index in [1.54, 1.807) is 6.92 Å². The Morgan fingerprint density at radius 1 is 1.29 bits per heavy atom. The fourth-order valence-electron chi connectivity index (χ4n) is 2.61. The zero-order valence-corrected chi connectivity index (χ0v) is 12.6. The van der Waals surface area contributed by atoms with Crippen LogP contribution >= 0.6 is 0 Å². The van der Waals surface area contributed by atoms with Gasteiger partial charge in [0.2, 0.25) is 5.91 Å². The molecule has 1 aliphatic carbocycles. The van der Waals surface area contributed by atoms with E-state index >= 15 is 0 Å². The molecule has 0 aromatic heterocycles. The standard InChI is InChI=1S/C17H25NO3/c1-13(21-12-15-5-3-2-4-6-15)17(20)18-11-14-7-9-16(19)10-8-14/h2-6,13-14,16,19H,7-12H2,1H3,(H,18,20). The monoisotopic (exact) mass is 291 g/mol. The number of ether oxygens (including phenoxy) is 1. The number of hydrogen-bond acceptors (Lipinski definition) is 3. The highest BCUT2D eigenvalue weighted by atomic mass is 16.5. The number of benzene rings is 1. The molecule has 1 amide bonds. The first-order valence-electron chi connectivity index (χ1n) is 7.76. The lowest BCUT2D eigenvalue weighted by Crippen LogP contribution is -2.38. The zero-order valence-electron chi connectivity index (χ0n) is 12.6. The average Bonchev–Trinajstić information content (AvgIpc) is 2.52. The van der Waals surface area contributed by atoms with Crippen LogP contribution in [0.1, 0.15) is 38.2 Å². The third kappa shape index (κ3) is 5.48. The molecule has 2 rings (SSSR count). The molecule has 4 heteroatoms. The average molecular weight is 291 g/mol. The van der Waals surface area contributed by atoms with E-state index in [2.05, 4.69) is 5.32 Å². The predicted octanol–water partition coefficient (Wildman–Crippen LogP) is 2.26. The molecular formula is C17H25NO3. The highest BCUT2D eigenvalue weighted by Crippen LogP contribution is 2.23. The van der Waals surface area contributed by atoms with E-state index in [1.807, 2.05) is 30.3 Å².